The summed E-state index contributed by atoms with van der Waals surface area (Å²) in [7, 11) is 0. The Morgan fingerprint density at radius 1 is 0.952 bits per heavy atom. The Balaban J connectivity index is 1.15. The number of benzene rings is 3. The lowest BCUT2D eigenvalue weighted by atomic mass is 9.79. The molecule has 1 aliphatic heterocycles. The Labute approximate surface area is 248 Å². The fraction of sp³-hybridized carbons (Fsp3) is 0.400. The topological polar surface area (TPSA) is 72.2 Å². The second-order valence-corrected chi connectivity index (χ2v) is 11.9. The van der Waals surface area contributed by atoms with Crippen LogP contribution >= 0.6 is 0 Å². The maximum Gasteiger partial charge on any atom is 0.350 e. The van der Waals surface area contributed by atoms with Crippen LogP contribution in [0.3, 0.4) is 0 Å². The smallest absolute Gasteiger partial charge is 0.350 e. The van der Waals surface area contributed by atoms with Crippen LogP contribution in [-0.4, -0.2) is 33.3 Å². The van der Waals surface area contributed by atoms with E-state index in [-0.39, 0.29) is 29.5 Å². The highest BCUT2D eigenvalue weighted by Gasteiger charge is 2.33. The molecule has 42 heavy (non-hydrogen) atoms. The van der Waals surface area contributed by atoms with Crippen molar-refractivity contribution in [2.75, 3.05) is 23.3 Å². The van der Waals surface area contributed by atoms with Gasteiger partial charge >= 0.3 is 5.69 Å². The van der Waals surface area contributed by atoms with Crippen LogP contribution in [0.4, 0.5) is 11.4 Å². The van der Waals surface area contributed by atoms with Gasteiger partial charge in [0.2, 0.25) is 5.91 Å². The molecule has 1 N–H and O–H groups in total. The van der Waals surface area contributed by atoms with Gasteiger partial charge in [-0.2, -0.15) is 5.10 Å². The molecule has 4 aromatic rings. The molecule has 1 fully saturated rings. The number of anilines is 2. The van der Waals surface area contributed by atoms with Gasteiger partial charge in [0.1, 0.15) is 5.82 Å². The number of fused-ring (bicyclic) bond motifs is 1. The molecule has 6 rings (SSSR count). The average molecular weight is 564 g/mol. The van der Waals surface area contributed by atoms with E-state index in [1.54, 1.807) is 9.25 Å². The molecule has 0 bridgehead atoms. The number of amides is 1. The zero-order valence-electron chi connectivity index (χ0n) is 24.9. The van der Waals surface area contributed by atoms with E-state index in [1.165, 1.54) is 17.5 Å². The molecule has 0 saturated carbocycles. The minimum Gasteiger partial charge on any atom is -0.372 e. The fourth-order valence-electron chi connectivity index (χ4n) is 6.71. The molecule has 1 amide bonds. The summed E-state index contributed by atoms with van der Waals surface area (Å²) < 4.78 is 3.27. The number of piperidine rings is 1. The van der Waals surface area contributed by atoms with Crippen molar-refractivity contribution in [1.29, 1.82) is 0 Å². The SMILES string of the molecule is CCC(C)n1nc(C)n(-c2ccc(N3CCC(C(C(=O)Nc4ccc5c(c4)CCC5)c4ccccc4)CC3)cc2)c1=O. The van der Waals surface area contributed by atoms with Crippen LogP contribution in [0, 0.1) is 12.8 Å². The van der Waals surface area contributed by atoms with Gasteiger partial charge < -0.3 is 10.2 Å². The average Bonchev–Trinajstić information content (AvgIpc) is 3.61. The molecule has 1 saturated heterocycles. The summed E-state index contributed by atoms with van der Waals surface area (Å²) in [5.41, 5.74) is 6.64. The summed E-state index contributed by atoms with van der Waals surface area (Å²) in [4.78, 5) is 29.2. The van der Waals surface area contributed by atoms with Crippen LogP contribution in [0.15, 0.2) is 77.6 Å². The standard InChI is InChI=1S/C35H41N5O2/c1-4-24(2)40-35(42)39(25(3)37-40)32-17-15-31(16-18-32)38-21-19-28(20-22-38)33(27-9-6-5-7-10-27)34(41)36-30-14-13-26-11-8-12-29(26)23-30/h5-7,9-10,13-18,23-24,28,33H,4,8,11-12,19-22H2,1-3H3,(H,36,41). The maximum absolute atomic E-state index is 13.8. The zero-order chi connectivity index (χ0) is 29.2. The van der Waals surface area contributed by atoms with E-state index in [1.807, 2.05) is 44.2 Å². The minimum atomic E-state index is -0.194. The van der Waals surface area contributed by atoms with E-state index in [4.69, 9.17) is 0 Å². The Morgan fingerprint density at radius 2 is 1.64 bits per heavy atom. The number of carbonyl (C=O) groups is 1. The number of rotatable bonds is 8. The number of hydrogen-bond donors (Lipinski definition) is 1. The summed E-state index contributed by atoms with van der Waals surface area (Å²) in [5.74, 6) is 0.838. The zero-order valence-corrected chi connectivity index (χ0v) is 24.9. The molecule has 2 unspecified atom stereocenters. The van der Waals surface area contributed by atoms with Gasteiger partial charge in [0, 0.05) is 24.5 Å². The summed E-state index contributed by atoms with van der Waals surface area (Å²) in [5, 5.41) is 7.77. The lowest BCUT2D eigenvalue weighted by Gasteiger charge is -2.37. The number of nitrogens with zero attached hydrogens (tertiary/aromatic N) is 4. The van der Waals surface area contributed by atoms with Crippen LogP contribution in [0.1, 0.15) is 74.0 Å². The van der Waals surface area contributed by atoms with E-state index in [9.17, 15) is 9.59 Å². The van der Waals surface area contributed by atoms with Crippen LogP contribution in [0.5, 0.6) is 0 Å². The summed E-state index contributed by atoms with van der Waals surface area (Å²) in [6.45, 7) is 7.72. The van der Waals surface area contributed by atoms with Crippen LogP contribution in [0.25, 0.3) is 5.69 Å². The molecular formula is C35H41N5O2. The third kappa shape index (κ3) is 5.52. The molecule has 1 aliphatic carbocycles. The molecule has 0 spiro atoms. The molecule has 2 aliphatic rings. The highest BCUT2D eigenvalue weighted by Crippen LogP contribution is 2.36. The predicted octanol–water partition coefficient (Wildman–Crippen LogP) is 6.44. The third-order valence-electron chi connectivity index (χ3n) is 9.26. The van der Waals surface area contributed by atoms with Crippen molar-refractivity contribution < 1.29 is 4.79 Å². The Kier molecular flexibility index (Phi) is 8.00. The van der Waals surface area contributed by atoms with Crippen molar-refractivity contribution in [3.05, 3.63) is 106 Å². The Hall–Kier alpha value is -4.13. The lowest BCUT2D eigenvalue weighted by Crippen LogP contribution is -2.38. The molecule has 3 aromatic carbocycles. The first kappa shape index (κ1) is 28.0. The van der Waals surface area contributed by atoms with Gasteiger partial charge in [-0.25, -0.2) is 14.0 Å². The molecule has 2 heterocycles. The van der Waals surface area contributed by atoms with Crippen LogP contribution in [0.2, 0.25) is 0 Å². The minimum absolute atomic E-state index is 0.0632. The van der Waals surface area contributed by atoms with Crippen molar-refractivity contribution in [3.63, 3.8) is 0 Å². The van der Waals surface area contributed by atoms with Crippen molar-refractivity contribution in [3.8, 4) is 5.69 Å². The number of aromatic nitrogens is 3. The van der Waals surface area contributed by atoms with E-state index < -0.39 is 0 Å². The van der Waals surface area contributed by atoms with E-state index in [2.05, 4.69) is 64.7 Å². The number of carbonyl (C=O) groups excluding carboxylic acids is 1. The normalized spacial score (nSPS) is 16.7. The molecular weight excluding hydrogens is 522 g/mol. The molecule has 7 heteroatoms. The quantitative estimate of drug-likeness (QED) is 0.268. The van der Waals surface area contributed by atoms with E-state index in [0.29, 0.717) is 5.82 Å². The number of nitrogens with one attached hydrogen (secondary N) is 1. The van der Waals surface area contributed by atoms with Gasteiger partial charge in [-0.15, -0.1) is 0 Å². The van der Waals surface area contributed by atoms with Gasteiger partial charge in [-0.1, -0.05) is 43.3 Å². The Bertz CT molecular complexity index is 1600. The van der Waals surface area contributed by atoms with Gasteiger partial charge in [0.05, 0.1) is 17.6 Å². The van der Waals surface area contributed by atoms with Crippen molar-refractivity contribution in [2.45, 2.75) is 71.3 Å². The van der Waals surface area contributed by atoms with Gasteiger partial charge in [-0.05, 0) is 111 Å². The highest BCUT2D eigenvalue weighted by molar-refractivity contribution is 5.96. The molecule has 7 nitrogen and oxygen atoms in total. The monoisotopic (exact) mass is 563 g/mol. The van der Waals surface area contributed by atoms with Crippen molar-refractivity contribution in [2.24, 2.45) is 5.92 Å². The van der Waals surface area contributed by atoms with Crippen molar-refractivity contribution in [1.82, 2.24) is 14.3 Å². The number of aryl methyl sites for hydroxylation is 3. The van der Waals surface area contributed by atoms with E-state index in [0.717, 1.165) is 67.8 Å². The van der Waals surface area contributed by atoms with Gasteiger partial charge in [0.25, 0.3) is 0 Å². The fourth-order valence-corrected chi connectivity index (χ4v) is 6.71. The summed E-state index contributed by atoms with van der Waals surface area (Å²) in [6.07, 6.45) is 6.14. The summed E-state index contributed by atoms with van der Waals surface area (Å²) >= 11 is 0. The van der Waals surface area contributed by atoms with Crippen LogP contribution in [-0.2, 0) is 17.6 Å². The first-order valence-electron chi connectivity index (χ1n) is 15.4. The Morgan fingerprint density at radius 3 is 2.36 bits per heavy atom. The number of hydrogen-bond acceptors (Lipinski definition) is 4. The van der Waals surface area contributed by atoms with Gasteiger partial charge in [-0.3, -0.25) is 4.79 Å². The first-order valence-corrected chi connectivity index (χ1v) is 15.4. The second-order valence-electron chi connectivity index (χ2n) is 11.9. The predicted molar refractivity (Wildman–Crippen MR) is 169 cm³/mol. The molecule has 0 radical (unpaired) electrons. The van der Waals surface area contributed by atoms with Crippen molar-refractivity contribution >= 4 is 17.3 Å². The molecule has 2 atom stereocenters. The first-order chi connectivity index (χ1) is 20.4. The maximum atomic E-state index is 13.8. The highest BCUT2D eigenvalue weighted by atomic mass is 16.2. The largest absolute Gasteiger partial charge is 0.372 e. The molecule has 218 valence electrons. The second kappa shape index (κ2) is 12.0. The lowest BCUT2D eigenvalue weighted by molar-refractivity contribution is -0.118. The van der Waals surface area contributed by atoms with Crippen LogP contribution < -0.4 is 15.9 Å². The van der Waals surface area contributed by atoms with E-state index >= 15 is 0 Å². The third-order valence-corrected chi connectivity index (χ3v) is 9.26. The molecule has 1 aromatic heterocycles. The summed E-state index contributed by atoms with van der Waals surface area (Å²) in [6, 6.07) is 24.9. The van der Waals surface area contributed by atoms with Gasteiger partial charge in [0.15, 0.2) is 0 Å².